The summed E-state index contributed by atoms with van der Waals surface area (Å²) < 4.78 is 5.82. The Morgan fingerprint density at radius 3 is 2.70 bits per heavy atom. The molecule has 1 aliphatic heterocycles. The van der Waals surface area contributed by atoms with Crippen molar-refractivity contribution in [3.05, 3.63) is 52.8 Å². The number of nitrogens with zero attached hydrogens (tertiary/aromatic N) is 2. The van der Waals surface area contributed by atoms with Crippen molar-refractivity contribution in [2.45, 2.75) is 64.9 Å². The maximum absolute atomic E-state index is 13.3. The van der Waals surface area contributed by atoms with Crippen LogP contribution in [0.2, 0.25) is 0 Å². The molecule has 6 nitrogen and oxygen atoms in total. The Labute approximate surface area is 160 Å². The van der Waals surface area contributed by atoms with Crippen LogP contribution in [0.15, 0.2) is 30.3 Å². The maximum atomic E-state index is 13.3. The molecule has 0 saturated carbocycles. The number of amides is 1. The van der Waals surface area contributed by atoms with E-state index in [1.54, 1.807) is 18.7 Å². The van der Waals surface area contributed by atoms with Gasteiger partial charge in [0.1, 0.15) is 0 Å². The molecule has 0 bridgehead atoms. The van der Waals surface area contributed by atoms with Crippen LogP contribution in [0.1, 0.15) is 67.5 Å². The third-order valence-electron chi connectivity index (χ3n) is 4.93. The highest BCUT2D eigenvalue weighted by atomic mass is 16.5. The minimum Gasteiger partial charge on any atom is -0.390 e. The fraction of sp³-hybridized carbons (Fsp3) is 0.524. The topological polar surface area (TPSA) is 78.5 Å². The van der Waals surface area contributed by atoms with Gasteiger partial charge in [-0.15, -0.1) is 0 Å². The molecule has 0 radical (unpaired) electrons. The number of hydrogen-bond acceptors (Lipinski definition) is 4. The predicted molar refractivity (Wildman–Crippen MR) is 103 cm³/mol. The fourth-order valence-electron chi connectivity index (χ4n) is 3.47. The lowest BCUT2D eigenvalue weighted by Gasteiger charge is -2.28. The summed E-state index contributed by atoms with van der Waals surface area (Å²) >= 11 is 0. The van der Waals surface area contributed by atoms with E-state index in [1.807, 2.05) is 44.2 Å². The molecular weight excluding hydrogens is 342 g/mol. The number of aromatic nitrogens is 2. The van der Waals surface area contributed by atoms with Gasteiger partial charge in [-0.25, -0.2) is 0 Å². The largest absolute Gasteiger partial charge is 0.390 e. The first-order valence-corrected chi connectivity index (χ1v) is 9.53. The molecule has 0 saturated heterocycles. The molecule has 27 heavy (non-hydrogen) atoms. The van der Waals surface area contributed by atoms with Gasteiger partial charge in [0.05, 0.1) is 23.5 Å². The lowest BCUT2D eigenvalue weighted by atomic mass is 9.99. The van der Waals surface area contributed by atoms with E-state index in [-0.39, 0.29) is 18.1 Å². The standard InChI is InChI=1S/C21H29N3O3/c1-14-12-17-18(15(2)27-14)22-23-19(17)20(25)24(11-10-21(3,4)26)13-16-8-6-5-7-9-16/h5-9,14-15,26H,10-13H2,1-4H3,(H,22,23)/t14-,15+/m1/s1. The number of H-pyrrole nitrogens is 1. The van der Waals surface area contributed by atoms with E-state index in [0.29, 0.717) is 31.6 Å². The number of benzene rings is 1. The summed E-state index contributed by atoms with van der Waals surface area (Å²) in [5, 5.41) is 17.5. The number of rotatable bonds is 6. The SMILES string of the molecule is C[C@@H]1Cc2c(C(=O)N(CCC(C)(C)O)Cc3ccccc3)n[nH]c2[C@H](C)O1. The van der Waals surface area contributed by atoms with Crippen molar-refractivity contribution in [2.24, 2.45) is 0 Å². The Morgan fingerprint density at radius 2 is 2.04 bits per heavy atom. The van der Waals surface area contributed by atoms with Gasteiger partial charge in [-0.2, -0.15) is 5.10 Å². The predicted octanol–water partition coefficient (Wildman–Crippen LogP) is 3.24. The lowest BCUT2D eigenvalue weighted by Crippen LogP contribution is -2.36. The van der Waals surface area contributed by atoms with Crippen LogP contribution in [0.4, 0.5) is 0 Å². The summed E-state index contributed by atoms with van der Waals surface area (Å²) in [5.41, 5.74) is 2.53. The second-order valence-electron chi connectivity index (χ2n) is 8.03. The van der Waals surface area contributed by atoms with E-state index >= 15 is 0 Å². The van der Waals surface area contributed by atoms with E-state index in [2.05, 4.69) is 10.2 Å². The summed E-state index contributed by atoms with van der Waals surface area (Å²) in [6.07, 6.45) is 1.11. The van der Waals surface area contributed by atoms with E-state index < -0.39 is 5.60 Å². The molecule has 1 aliphatic rings. The van der Waals surface area contributed by atoms with Gasteiger partial charge in [0.15, 0.2) is 5.69 Å². The second-order valence-corrected chi connectivity index (χ2v) is 8.03. The highest BCUT2D eigenvalue weighted by Crippen LogP contribution is 2.31. The van der Waals surface area contributed by atoms with Crippen LogP contribution in [0, 0.1) is 0 Å². The summed E-state index contributed by atoms with van der Waals surface area (Å²) in [5.74, 6) is -0.109. The van der Waals surface area contributed by atoms with E-state index in [9.17, 15) is 9.90 Å². The van der Waals surface area contributed by atoms with Crippen molar-refractivity contribution >= 4 is 5.91 Å². The first-order chi connectivity index (χ1) is 12.7. The molecule has 2 atom stereocenters. The number of hydrogen-bond donors (Lipinski definition) is 2. The molecule has 2 N–H and O–H groups in total. The van der Waals surface area contributed by atoms with Crippen LogP contribution >= 0.6 is 0 Å². The molecule has 0 unspecified atom stereocenters. The van der Waals surface area contributed by atoms with Gasteiger partial charge in [-0.3, -0.25) is 9.89 Å². The molecule has 1 aromatic carbocycles. The lowest BCUT2D eigenvalue weighted by molar-refractivity contribution is -0.00703. The molecule has 0 spiro atoms. The maximum Gasteiger partial charge on any atom is 0.274 e. The van der Waals surface area contributed by atoms with E-state index in [4.69, 9.17) is 4.74 Å². The van der Waals surface area contributed by atoms with Crippen molar-refractivity contribution in [1.82, 2.24) is 15.1 Å². The number of ether oxygens (including phenoxy) is 1. The molecule has 0 fully saturated rings. The van der Waals surface area contributed by atoms with Gasteiger partial charge in [-0.1, -0.05) is 30.3 Å². The van der Waals surface area contributed by atoms with Crippen LogP contribution in [0.3, 0.4) is 0 Å². The molecule has 6 heteroatoms. The summed E-state index contributed by atoms with van der Waals surface area (Å²) in [4.78, 5) is 15.1. The molecule has 2 heterocycles. The average molecular weight is 371 g/mol. The Balaban J connectivity index is 1.86. The monoisotopic (exact) mass is 371 g/mol. The molecular formula is C21H29N3O3. The summed E-state index contributed by atoms with van der Waals surface area (Å²) in [6.45, 7) is 8.44. The Kier molecular flexibility index (Phi) is 5.67. The molecule has 2 aromatic rings. The molecule has 146 valence electrons. The number of aliphatic hydroxyl groups is 1. The van der Waals surface area contributed by atoms with Crippen molar-refractivity contribution in [2.75, 3.05) is 6.54 Å². The molecule has 1 aromatic heterocycles. The van der Waals surface area contributed by atoms with Crippen LogP contribution in [0.25, 0.3) is 0 Å². The van der Waals surface area contributed by atoms with Gasteiger partial charge < -0.3 is 14.7 Å². The molecule has 0 aliphatic carbocycles. The van der Waals surface area contributed by atoms with E-state index in [1.165, 1.54) is 0 Å². The third-order valence-corrected chi connectivity index (χ3v) is 4.93. The zero-order valence-electron chi connectivity index (χ0n) is 16.5. The smallest absolute Gasteiger partial charge is 0.274 e. The van der Waals surface area contributed by atoms with Crippen molar-refractivity contribution in [3.8, 4) is 0 Å². The van der Waals surface area contributed by atoms with Crippen molar-refractivity contribution < 1.29 is 14.6 Å². The number of carbonyl (C=O) groups excluding carboxylic acids is 1. The number of fused-ring (bicyclic) bond motifs is 1. The fourth-order valence-corrected chi connectivity index (χ4v) is 3.47. The van der Waals surface area contributed by atoms with Gasteiger partial charge in [0, 0.05) is 25.1 Å². The quantitative estimate of drug-likeness (QED) is 0.817. The third kappa shape index (κ3) is 4.76. The van der Waals surface area contributed by atoms with Crippen LogP contribution < -0.4 is 0 Å². The van der Waals surface area contributed by atoms with Crippen LogP contribution in [0.5, 0.6) is 0 Å². The van der Waals surface area contributed by atoms with Gasteiger partial charge in [0.25, 0.3) is 5.91 Å². The number of aromatic amines is 1. The Morgan fingerprint density at radius 1 is 1.33 bits per heavy atom. The van der Waals surface area contributed by atoms with Crippen LogP contribution in [-0.2, 0) is 17.7 Å². The number of nitrogens with one attached hydrogen (secondary N) is 1. The van der Waals surface area contributed by atoms with Crippen molar-refractivity contribution in [3.63, 3.8) is 0 Å². The zero-order chi connectivity index (χ0) is 19.6. The normalized spacial score (nSPS) is 19.6. The summed E-state index contributed by atoms with van der Waals surface area (Å²) in [6, 6.07) is 9.89. The first-order valence-electron chi connectivity index (χ1n) is 9.53. The molecule has 3 rings (SSSR count). The van der Waals surface area contributed by atoms with Crippen molar-refractivity contribution in [1.29, 1.82) is 0 Å². The molecule has 1 amide bonds. The minimum absolute atomic E-state index is 0.0515. The average Bonchev–Trinajstić information content (AvgIpc) is 3.02. The van der Waals surface area contributed by atoms with Crippen LogP contribution in [-0.4, -0.2) is 44.4 Å². The highest BCUT2D eigenvalue weighted by Gasteiger charge is 2.31. The Bertz CT molecular complexity index is 780. The zero-order valence-corrected chi connectivity index (χ0v) is 16.5. The van der Waals surface area contributed by atoms with Gasteiger partial charge in [0.2, 0.25) is 0 Å². The second kappa shape index (κ2) is 7.82. The highest BCUT2D eigenvalue weighted by molar-refractivity contribution is 5.94. The minimum atomic E-state index is -0.836. The van der Waals surface area contributed by atoms with E-state index in [0.717, 1.165) is 16.8 Å². The van der Waals surface area contributed by atoms with Gasteiger partial charge in [-0.05, 0) is 39.7 Å². The van der Waals surface area contributed by atoms with Gasteiger partial charge >= 0.3 is 0 Å². The summed E-state index contributed by atoms with van der Waals surface area (Å²) in [7, 11) is 0. The Hall–Kier alpha value is -2.18. The number of carbonyl (C=O) groups is 1. The first kappa shape index (κ1) is 19.6.